The second-order valence-electron chi connectivity index (χ2n) is 5.86. The molecule has 0 aliphatic carbocycles. The summed E-state index contributed by atoms with van der Waals surface area (Å²) >= 11 is 0. The highest BCUT2D eigenvalue weighted by Crippen LogP contribution is 2.08. The first-order chi connectivity index (χ1) is 10.4. The Balaban J connectivity index is 0. The van der Waals surface area contributed by atoms with Gasteiger partial charge in [0.25, 0.3) is 0 Å². The predicted octanol–water partition coefficient (Wildman–Crippen LogP) is 7.31. The third-order valence-corrected chi connectivity index (χ3v) is 3.78. The van der Waals surface area contributed by atoms with E-state index < -0.39 is 0 Å². The molecule has 21 heavy (non-hydrogen) atoms. The highest BCUT2D eigenvalue weighted by Gasteiger charge is 1.93. The Kier molecular flexibility index (Phi) is 27.0. The molecule has 0 aliphatic heterocycles. The van der Waals surface area contributed by atoms with Gasteiger partial charge in [-0.25, -0.2) is 0 Å². The van der Waals surface area contributed by atoms with Crippen molar-refractivity contribution in [1.82, 2.24) is 0 Å². The summed E-state index contributed by atoms with van der Waals surface area (Å²) in [6.45, 7) is 12.5. The number of hydrogen-bond donors (Lipinski definition) is 0. The Morgan fingerprint density at radius 3 is 1.10 bits per heavy atom. The lowest BCUT2D eigenvalue weighted by Gasteiger charge is -2.04. The van der Waals surface area contributed by atoms with Crippen LogP contribution in [0.1, 0.15) is 104 Å². The van der Waals surface area contributed by atoms with Gasteiger partial charge >= 0.3 is 0 Å². The van der Waals surface area contributed by atoms with E-state index in [4.69, 9.17) is 4.74 Å². The van der Waals surface area contributed by atoms with Crippen LogP contribution in [0.15, 0.2) is 13.2 Å². The zero-order valence-corrected chi connectivity index (χ0v) is 15.1. The lowest BCUT2D eigenvalue weighted by Crippen LogP contribution is -1.97. The molecular weight excluding hydrogens is 256 g/mol. The second-order valence-corrected chi connectivity index (χ2v) is 5.86. The van der Waals surface area contributed by atoms with E-state index in [1.165, 1.54) is 89.9 Å². The van der Waals surface area contributed by atoms with Crippen molar-refractivity contribution in [2.75, 3.05) is 13.2 Å². The van der Waals surface area contributed by atoms with E-state index in [2.05, 4.69) is 27.0 Å². The number of ether oxygens (including phenoxy) is 1. The number of unbranched alkanes of at least 4 members (excludes halogenated alkanes) is 12. The van der Waals surface area contributed by atoms with E-state index >= 15 is 0 Å². The van der Waals surface area contributed by atoms with Crippen LogP contribution >= 0.6 is 0 Å². The fraction of sp³-hybridized carbons (Fsp3) is 0.900. The van der Waals surface area contributed by atoms with Crippen molar-refractivity contribution >= 4 is 0 Å². The first-order valence-electron chi connectivity index (χ1n) is 9.49. The Labute approximate surface area is 135 Å². The molecule has 0 bridgehead atoms. The maximum absolute atomic E-state index is 5.69. The normalized spacial score (nSPS) is 10.2. The van der Waals surface area contributed by atoms with E-state index in [0.29, 0.717) is 0 Å². The van der Waals surface area contributed by atoms with Crippen molar-refractivity contribution in [3.8, 4) is 0 Å². The number of rotatable bonds is 16. The van der Waals surface area contributed by atoms with E-state index in [1.807, 2.05) is 0 Å². The number of hydrogen-bond acceptors (Lipinski definition) is 1. The van der Waals surface area contributed by atoms with Gasteiger partial charge in [0.2, 0.25) is 0 Å². The molecule has 0 atom stereocenters. The molecule has 0 aromatic rings. The Morgan fingerprint density at radius 1 is 0.476 bits per heavy atom. The Hall–Kier alpha value is -0.300. The molecule has 0 aliphatic rings. The average Bonchev–Trinajstić information content (AvgIpc) is 2.53. The van der Waals surface area contributed by atoms with Gasteiger partial charge in [0, 0.05) is 13.2 Å². The van der Waals surface area contributed by atoms with Crippen LogP contribution in [0.25, 0.3) is 0 Å². The lowest BCUT2D eigenvalue weighted by molar-refractivity contribution is 0.125. The molecular formula is C20H42O. The van der Waals surface area contributed by atoms with Crippen LogP contribution in [-0.4, -0.2) is 13.2 Å². The third kappa shape index (κ3) is 25.0. The molecule has 0 rings (SSSR count). The fourth-order valence-electron chi connectivity index (χ4n) is 2.42. The minimum absolute atomic E-state index is 0.990. The van der Waals surface area contributed by atoms with Gasteiger partial charge in [0.1, 0.15) is 0 Å². The summed E-state index contributed by atoms with van der Waals surface area (Å²) in [6, 6.07) is 0. The molecule has 0 heterocycles. The molecule has 0 spiro atoms. The summed E-state index contributed by atoms with van der Waals surface area (Å²) in [5.74, 6) is 0. The zero-order chi connectivity index (χ0) is 16.0. The van der Waals surface area contributed by atoms with Crippen molar-refractivity contribution in [3.63, 3.8) is 0 Å². The van der Waals surface area contributed by atoms with Gasteiger partial charge in [0.05, 0.1) is 0 Å². The van der Waals surface area contributed by atoms with Crippen LogP contribution in [0.4, 0.5) is 0 Å². The first-order valence-corrected chi connectivity index (χ1v) is 9.49. The molecule has 0 saturated carbocycles. The van der Waals surface area contributed by atoms with Crippen LogP contribution in [-0.2, 0) is 4.74 Å². The maximum Gasteiger partial charge on any atom is 0.0466 e. The molecule has 0 radical (unpaired) electrons. The molecule has 0 aromatic carbocycles. The Bertz CT molecular complexity index is 140. The van der Waals surface area contributed by atoms with Crippen molar-refractivity contribution in [2.24, 2.45) is 0 Å². The van der Waals surface area contributed by atoms with E-state index in [9.17, 15) is 0 Å². The van der Waals surface area contributed by atoms with Crippen molar-refractivity contribution in [1.29, 1.82) is 0 Å². The van der Waals surface area contributed by atoms with Gasteiger partial charge < -0.3 is 4.74 Å². The van der Waals surface area contributed by atoms with Crippen LogP contribution in [0, 0.1) is 0 Å². The molecule has 0 amide bonds. The van der Waals surface area contributed by atoms with E-state index in [0.717, 1.165) is 13.2 Å². The second kappa shape index (κ2) is 24.7. The molecule has 0 saturated heterocycles. The molecule has 128 valence electrons. The summed E-state index contributed by atoms with van der Waals surface area (Å²) in [7, 11) is 0. The van der Waals surface area contributed by atoms with Crippen LogP contribution in [0.5, 0.6) is 0 Å². The van der Waals surface area contributed by atoms with Gasteiger partial charge in [-0.3, -0.25) is 0 Å². The SMILES string of the molecule is C=C.CCCCCCCCCOCCCCCCCCC. The smallest absolute Gasteiger partial charge is 0.0466 e. The minimum atomic E-state index is 0.990. The van der Waals surface area contributed by atoms with Crippen molar-refractivity contribution < 1.29 is 4.74 Å². The zero-order valence-electron chi connectivity index (χ0n) is 15.1. The fourth-order valence-corrected chi connectivity index (χ4v) is 2.42. The largest absolute Gasteiger partial charge is 0.381 e. The topological polar surface area (TPSA) is 9.23 Å². The standard InChI is InChI=1S/C18H38O.C2H4/c1-3-5-7-9-11-13-15-17-19-18-16-14-12-10-8-6-4-2;1-2/h3-18H2,1-2H3;1-2H2. The first kappa shape index (κ1) is 23.0. The van der Waals surface area contributed by atoms with E-state index in [1.54, 1.807) is 0 Å². The molecule has 0 unspecified atom stereocenters. The molecule has 1 nitrogen and oxygen atoms in total. The summed E-state index contributed by atoms with van der Waals surface area (Å²) in [6.07, 6.45) is 19.3. The lowest BCUT2D eigenvalue weighted by atomic mass is 10.1. The summed E-state index contributed by atoms with van der Waals surface area (Å²) in [4.78, 5) is 0. The summed E-state index contributed by atoms with van der Waals surface area (Å²) in [5, 5.41) is 0. The van der Waals surface area contributed by atoms with Gasteiger partial charge in [-0.05, 0) is 12.8 Å². The van der Waals surface area contributed by atoms with Crippen molar-refractivity contribution in [3.05, 3.63) is 13.2 Å². The summed E-state index contributed by atoms with van der Waals surface area (Å²) in [5.41, 5.74) is 0. The van der Waals surface area contributed by atoms with Crippen LogP contribution < -0.4 is 0 Å². The highest BCUT2D eigenvalue weighted by molar-refractivity contribution is 4.46. The molecule has 0 N–H and O–H groups in total. The molecule has 0 fully saturated rings. The highest BCUT2D eigenvalue weighted by atomic mass is 16.5. The maximum atomic E-state index is 5.69. The third-order valence-electron chi connectivity index (χ3n) is 3.78. The van der Waals surface area contributed by atoms with Gasteiger partial charge in [-0.1, -0.05) is 90.9 Å². The monoisotopic (exact) mass is 298 g/mol. The quantitative estimate of drug-likeness (QED) is 0.214. The predicted molar refractivity (Wildman–Crippen MR) is 98.1 cm³/mol. The van der Waals surface area contributed by atoms with E-state index in [-0.39, 0.29) is 0 Å². The molecule has 1 heteroatoms. The van der Waals surface area contributed by atoms with Gasteiger partial charge in [-0.15, -0.1) is 13.2 Å². The van der Waals surface area contributed by atoms with Gasteiger partial charge in [-0.2, -0.15) is 0 Å². The van der Waals surface area contributed by atoms with Crippen molar-refractivity contribution in [2.45, 2.75) is 104 Å². The molecule has 0 aromatic heterocycles. The summed E-state index contributed by atoms with van der Waals surface area (Å²) < 4.78 is 5.69. The Morgan fingerprint density at radius 2 is 0.762 bits per heavy atom. The van der Waals surface area contributed by atoms with Crippen LogP contribution in [0.2, 0.25) is 0 Å². The van der Waals surface area contributed by atoms with Gasteiger partial charge in [0.15, 0.2) is 0 Å². The minimum Gasteiger partial charge on any atom is -0.381 e. The van der Waals surface area contributed by atoms with Crippen LogP contribution in [0.3, 0.4) is 0 Å². The average molecular weight is 299 g/mol.